The Morgan fingerprint density at radius 2 is 2.14 bits per heavy atom. The van der Waals surface area contributed by atoms with E-state index in [0.29, 0.717) is 6.54 Å². The molecule has 0 fully saturated rings. The fourth-order valence-electron chi connectivity index (χ4n) is 1.54. The lowest BCUT2D eigenvalue weighted by atomic mass is 10.2. The molecule has 0 aromatic carbocycles. The summed E-state index contributed by atoms with van der Waals surface area (Å²) < 4.78 is 11.5. The van der Waals surface area contributed by atoms with Gasteiger partial charge in [-0.15, -0.1) is 6.58 Å². The highest BCUT2D eigenvalue weighted by Crippen LogP contribution is 2.18. The third-order valence-corrected chi connectivity index (χ3v) is 2.26. The van der Waals surface area contributed by atoms with E-state index >= 15 is 0 Å². The van der Waals surface area contributed by atoms with Crippen molar-refractivity contribution < 1.29 is 19.1 Å². The lowest BCUT2D eigenvalue weighted by Crippen LogP contribution is -2.28. The minimum Gasteiger partial charge on any atom is -0.462 e. The highest BCUT2D eigenvalue weighted by atomic mass is 16.6. The number of nitrogens with zero attached hydrogens (tertiary/aromatic N) is 2. The summed E-state index contributed by atoms with van der Waals surface area (Å²) in [5, 5.41) is 6.56. The number of rotatable bonds is 5. The summed E-state index contributed by atoms with van der Waals surface area (Å²) in [5.41, 5.74) is -0.471. The molecule has 0 aliphatic rings. The second-order valence-corrected chi connectivity index (χ2v) is 5.22. The van der Waals surface area contributed by atoms with E-state index in [9.17, 15) is 9.59 Å². The van der Waals surface area contributed by atoms with E-state index < -0.39 is 17.7 Å². The summed E-state index contributed by atoms with van der Waals surface area (Å²) in [6.45, 7) is 11.1. The summed E-state index contributed by atoms with van der Waals surface area (Å²) in [6, 6.07) is 0. The van der Waals surface area contributed by atoms with Gasteiger partial charge in [0.25, 0.3) is 0 Å². The van der Waals surface area contributed by atoms with Crippen LogP contribution in [0.4, 0.5) is 10.6 Å². The van der Waals surface area contributed by atoms with E-state index in [1.165, 1.54) is 10.9 Å². The van der Waals surface area contributed by atoms with Crippen molar-refractivity contribution >= 4 is 17.9 Å². The Hall–Kier alpha value is -2.31. The predicted molar refractivity (Wildman–Crippen MR) is 78.2 cm³/mol. The second kappa shape index (κ2) is 6.92. The van der Waals surface area contributed by atoms with Crippen LogP contribution in [0, 0.1) is 0 Å². The van der Waals surface area contributed by atoms with Gasteiger partial charge in [-0.05, 0) is 27.7 Å². The molecule has 21 heavy (non-hydrogen) atoms. The predicted octanol–water partition coefficient (Wildman–Crippen LogP) is 2.59. The van der Waals surface area contributed by atoms with E-state index in [2.05, 4.69) is 17.0 Å². The SMILES string of the molecule is C=CCn1ncc(C(=O)OCC)c1NC(=O)OC(C)(C)C. The molecule has 1 rings (SSSR count). The zero-order valence-electron chi connectivity index (χ0n) is 12.8. The van der Waals surface area contributed by atoms with E-state index in [1.54, 1.807) is 33.8 Å². The second-order valence-electron chi connectivity index (χ2n) is 5.22. The highest BCUT2D eigenvalue weighted by molar-refractivity contribution is 5.98. The van der Waals surface area contributed by atoms with Crippen LogP contribution in [0.5, 0.6) is 0 Å². The molecular weight excluding hydrogens is 274 g/mol. The van der Waals surface area contributed by atoms with Crippen LogP contribution in [0.3, 0.4) is 0 Å². The van der Waals surface area contributed by atoms with Gasteiger partial charge in [0.1, 0.15) is 17.0 Å². The van der Waals surface area contributed by atoms with Crippen LogP contribution in [0.15, 0.2) is 18.9 Å². The first-order valence-electron chi connectivity index (χ1n) is 6.62. The maximum Gasteiger partial charge on any atom is 0.413 e. The van der Waals surface area contributed by atoms with Gasteiger partial charge in [-0.1, -0.05) is 6.08 Å². The average Bonchev–Trinajstić information content (AvgIpc) is 2.71. The first kappa shape index (κ1) is 16.7. The zero-order valence-corrected chi connectivity index (χ0v) is 12.8. The topological polar surface area (TPSA) is 82.5 Å². The molecule has 116 valence electrons. The molecule has 1 N–H and O–H groups in total. The van der Waals surface area contributed by atoms with Crippen LogP contribution in [-0.4, -0.2) is 34.1 Å². The molecule has 1 aromatic rings. The smallest absolute Gasteiger partial charge is 0.413 e. The maximum absolute atomic E-state index is 11.9. The number of ether oxygens (including phenoxy) is 2. The first-order valence-corrected chi connectivity index (χ1v) is 6.62. The van der Waals surface area contributed by atoms with Gasteiger partial charge in [0.15, 0.2) is 0 Å². The summed E-state index contributed by atoms with van der Waals surface area (Å²) in [5.74, 6) is -0.332. The fourth-order valence-corrected chi connectivity index (χ4v) is 1.54. The number of hydrogen-bond acceptors (Lipinski definition) is 5. The number of carbonyl (C=O) groups is 2. The van der Waals surface area contributed by atoms with Gasteiger partial charge in [0.2, 0.25) is 0 Å². The van der Waals surface area contributed by atoms with Crippen molar-refractivity contribution in [3.63, 3.8) is 0 Å². The van der Waals surface area contributed by atoms with Crippen LogP contribution in [0.1, 0.15) is 38.1 Å². The summed E-state index contributed by atoms with van der Waals surface area (Å²) in [4.78, 5) is 23.7. The maximum atomic E-state index is 11.9. The van der Waals surface area contributed by atoms with E-state index in [0.717, 1.165) is 0 Å². The molecule has 0 saturated heterocycles. The first-order chi connectivity index (χ1) is 9.78. The number of aromatic nitrogens is 2. The third kappa shape index (κ3) is 4.94. The Bertz CT molecular complexity index is 529. The summed E-state index contributed by atoms with van der Waals surface area (Å²) in [6.07, 6.45) is 2.27. The summed E-state index contributed by atoms with van der Waals surface area (Å²) >= 11 is 0. The van der Waals surface area contributed by atoms with Crippen molar-refractivity contribution in [3.8, 4) is 0 Å². The molecule has 7 nitrogen and oxygen atoms in total. The zero-order chi connectivity index (χ0) is 16.0. The Balaban J connectivity index is 3.01. The third-order valence-electron chi connectivity index (χ3n) is 2.26. The Kier molecular flexibility index (Phi) is 5.52. The quantitative estimate of drug-likeness (QED) is 0.667. The van der Waals surface area contributed by atoms with Crippen LogP contribution < -0.4 is 5.32 Å². The van der Waals surface area contributed by atoms with E-state index in [1.807, 2.05) is 0 Å². The molecule has 7 heteroatoms. The van der Waals surface area contributed by atoms with Crippen LogP contribution >= 0.6 is 0 Å². The molecule has 0 aliphatic carbocycles. The standard InChI is InChI=1S/C14H21N3O4/c1-6-8-17-11(16-13(19)21-14(3,4)5)10(9-15-17)12(18)20-7-2/h6,9H,1,7-8H2,2-5H3,(H,16,19). The molecule has 0 saturated carbocycles. The van der Waals surface area contributed by atoms with Gasteiger partial charge in [0, 0.05) is 0 Å². The molecule has 0 atom stereocenters. The molecule has 0 bridgehead atoms. The van der Waals surface area contributed by atoms with E-state index in [4.69, 9.17) is 9.47 Å². The molecule has 1 aromatic heterocycles. The van der Waals surface area contributed by atoms with Crippen molar-refractivity contribution in [2.45, 2.75) is 39.8 Å². The van der Waals surface area contributed by atoms with Crippen molar-refractivity contribution in [3.05, 3.63) is 24.4 Å². The molecule has 0 aliphatic heterocycles. The van der Waals surface area contributed by atoms with Crippen LogP contribution in [-0.2, 0) is 16.0 Å². The summed E-state index contributed by atoms with van der Waals surface area (Å²) in [7, 11) is 0. The number of anilines is 1. The monoisotopic (exact) mass is 295 g/mol. The Morgan fingerprint density at radius 1 is 1.48 bits per heavy atom. The fraction of sp³-hybridized carbons (Fsp3) is 0.500. The number of esters is 1. The molecule has 0 unspecified atom stereocenters. The Labute approximate surface area is 123 Å². The lowest BCUT2D eigenvalue weighted by Gasteiger charge is -2.20. The van der Waals surface area contributed by atoms with Crippen LogP contribution in [0.2, 0.25) is 0 Å². The number of nitrogens with one attached hydrogen (secondary N) is 1. The number of amides is 1. The molecule has 1 heterocycles. The minimum absolute atomic E-state index is 0.171. The molecular formula is C14H21N3O4. The number of allylic oxidation sites excluding steroid dienone is 1. The largest absolute Gasteiger partial charge is 0.462 e. The van der Waals surface area contributed by atoms with Gasteiger partial charge in [-0.2, -0.15) is 5.10 Å². The highest BCUT2D eigenvalue weighted by Gasteiger charge is 2.23. The van der Waals surface area contributed by atoms with Gasteiger partial charge < -0.3 is 9.47 Å². The molecule has 0 spiro atoms. The van der Waals surface area contributed by atoms with Crippen molar-refractivity contribution in [1.29, 1.82) is 0 Å². The normalized spacial score (nSPS) is 10.9. The van der Waals surface area contributed by atoms with E-state index in [-0.39, 0.29) is 18.0 Å². The average molecular weight is 295 g/mol. The Morgan fingerprint density at radius 3 is 2.67 bits per heavy atom. The van der Waals surface area contributed by atoms with Crippen LogP contribution in [0.25, 0.3) is 0 Å². The van der Waals surface area contributed by atoms with Gasteiger partial charge in [0.05, 0.1) is 19.3 Å². The number of hydrogen-bond donors (Lipinski definition) is 1. The van der Waals surface area contributed by atoms with Crippen molar-refractivity contribution in [1.82, 2.24) is 9.78 Å². The van der Waals surface area contributed by atoms with Gasteiger partial charge in [-0.3, -0.25) is 5.32 Å². The minimum atomic E-state index is -0.668. The van der Waals surface area contributed by atoms with Gasteiger partial charge in [-0.25, -0.2) is 14.3 Å². The van der Waals surface area contributed by atoms with Crippen molar-refractivity contribution in [2.24, 2.45) is 0 Å². The van der Waals surface area contributed by atoms with Gasteiger partial charge >= 0.3 is 12.1 Å². The van der Waals surface area contributed by atoms with Crippen molar-refractivity contribution in [2.75, 3.05) is 11.9 Å². The molecule has 0 radical (unpaired) electrons. The lowest BCUT2D eigenvalue weighted by molar-refractivity contribution is 0.0527. The number of carbonyl (C=O) groups excluding carboxylic acids is 2. The molecule has 1 amide bonds.